The number of carbonyl (C=O) groups excluding carboxylic acids is 1. The molecule has 114 valence electrons. The SMILES string of the molecule is CN1CC[C@@]12CCCN(C(=O)CCc1ccc(Cl)cc1)C2. The van der Waals surface area contributed by atoms with Crippen LogP contribution in [0.3, 0.4) is 0 Å². The average molecular weight is 307 g/mol. The molecule has 1 amide bonds. The van der Waals surface area contributed by atoms with Crippen molar-refractivity contribution < 1.29 is 4.79 Å². The number of hydrogen-bond donors (Lipinski definition) is 0. The van der Waals surface area contributed by atoms with Crippen molar-refractivity contribution in [2.75, 3.05) is 26.7 Å². The highest BCUT2D eigenvalue weighted by Crippen LogP contribution is 2.37. The summed E-state index contributed by atoms with van der Waals surface area (Å²) in [5.74, 6) is 0.296. The molecule has 0 N–H and O–H groups in total. The Kier molecular flexibility index (Phi) is 4.23. The molecule has 2 saturated heterocycles. The molecule has 1 aromatic rings. The van der Waals surface area contributed by atoms with Crippen LogP contribution in [0.5, 0.6) is 0 Å². The van der Waals surface area contributed by atoms with E-state index >= 15 is 0 Å². The Morgan fingerprint density at radius 2 is 2.00 bits per heavy atom. The van der Waals surface area contributed by atoms with Crippen LogP contribution in [0.1, 0.15) is 31.2 Å². The molecular weight excluding hydrogens is 284 g/mol. The number of benzene rings is 1. The first-order valence-electron chi connectivity index (χ1n) is 7.83. The maximum absolute atomic E-state index is 12.5. The summed E-state index contributed by atoms with van der Waals surface area (Å²) in [5.41, 5.74) is 1.47. The summed E-state index contributed by atoms with van der Waals surface area (Å²) in [6, 6.07) is 7.79. The minimum atomic E-state index is 0.286. The highest BCUT2D eigenvalue weighted by molar-refractivity contribution is 6.30. The van der Waals surface area contributed by atoms with Crippen LogP contribution in [0.25, 0.3) is 0 Å². The van der Waals surface area contributed by atoms with Gasteiger partial charge in [0.2, 0.25) is 5.91 Å². The molecular formula is C17H23ClN2O. The van der Waals surface area contributed by atoms with E-state index in [1.807, 2.05) is 24.3 Å². The third kappa shape index (κ3) is 3.09. The van der Waals surface area contributed by atoms with Crippen molar-refractivity contribution in [1.29, 1.82) is 0 Å². The van der Waals surface area contributed by atoms with Gasteiger partial charge in [0.1, 0.15) is 0 Å². The molecule has 2 heterocycles. The molecule has 1 aromatic carbocycles. The zero-order valence-corrected chi connectivity index (χ0v) is 13.4. The quantitative estimate of drug-likeness (QED) is 0.857. The highest BCUT2D eigenvalue weighted by atomic mass is 35.5. The number of aryl methyl sites for hydroxylation is 1. The number of hydrogen-bond acceptors (Lipinski definition) is 2. The first kappa shape index (κ1) is 14.9. The Morgan fingerprint density at radius 3 is 2.62 bits per heavy atom. The van der Waals surface area contributed by atoms with Crippen molar-refractivity contribution in [3.05, 3.63) is 34.9 Å². The van der Waals surface area contributed by atoms with Gasteiger partial charge in [-0.1, -0.05) is 23.7 Å². The average Bonchev–Trinajstić information content (AvgIpc) is 2.52. The van der Waals surface area contributed by atoms with Gasteiger partial charge < -0.3 is 4.90 Å². The number of piperidine rings is 1. The first-order chi connectivity index (χ1) is 10.1. The minimum Gasteiger partial charge on any atom is -0.341 e. The summed E-state index contributed by atoms with van der Waals surface area (Å²) in [7, 11) is 2.19. The van der Waals surface area contributed by atoms with Crippen molar-refractivity contribution in [1.82, 2.24) is 9.80 Å². The fourth-order valence-corrected chi connectivity index (χ4v) is 3.68. The van der Waals surface area contributed by atoms with Gasteiger partial charge in [0.15, 0.2) is 0 Å². The molecule has 21 heavy (non-hydrogen) atoms. The number of halogens is 1. The number of amides is 1. The van der Waals surface area contributed by atoms with Gasteiger partial charge in [-0.3, -0.25) is 9.69 Å². The van der Waals surface area contributed by atoms with Crippen LogP contribution in [0.4, 0.5) is 0 Å². The third-order valence-electron chi connectivity index (χ3n) is 5.17. The van der Waals surface area contributed by atoms with Gasteiger partial charge in [-0.05, 0) is 50.4 Å². The third-order valence-corrected chi connectivity index (χ3v) is 5.42. The molecule has 1 atom stereocenters. The summed E-state index contributed by atoms with van der Waals surface area (Å²) in [6.07, 6.45) is 5.02. The lowest BCUT2D eigenvalue weighted by atomic mass is 9.78. The number of likely N-dealkylation sites (tertiary alicyclic amines) is 2. The van der Waals surface area contributed by atoms with Crippen LogP contribution in [0.15, 0.2) is 24.3 Å². The van der Waals surface area contributed by atoms with Crippen molar-refractivity contribution in [3.8, 4) is 0 Å². The van der Waals surface area contributed by atoms with E-state index in [1.54, 1.807) is 0 Å². The number of carbonyl (C=O) groups is 1. The zero-order valence-electron chi connectivity index (χ0n) is 12.6. The molecule has 1 spiro atoms. The van der Waals surface area contributed by atoms with Crippen LogP contribution < -0.4 is 0 Å². The molecule has 3 nitrogen and oxygen atoms in total. The second kappa shape index (κ2) is 5.98. The van der Waals surface area contributed by atoms with Crippen LogP contribution in [0.2, 0.25) is 5.02 Å². The fraction of sp³-hybridized carbons (Fsp3) is 0.588. The van der Waals surface area contributed by atoms with Gasteiger partial charge in [0, 0.05) is 36.6 Å². The van der Waals surface area contributed by atoms with Crippen molar-refractivity contribution in [3.63, 3.8) is 0 Å². The molecule has 0 unspecified atom stereocenters. The molecule has 3 rings (SSSR count). The van der Waals surface area contributed by atoms with E-state index in [0.717, 1.165) is 31.0 Å². The number of likely N-dealkylation sites (N-methyl/N-ethyl adjacent to an activating group) is 1. The molecule has 0 aliphatic carbocycles. The van der Waals surface area contributed by atoms with Gasteiger partial charge >= 0.3 is 0 Å². The second-order valence-corrected chi connectivity index (χ2v) is 6.88. The van der Waals surface area contributed by atoms with Crippen LogP contribution >= 0.6 is 11.6 Å². The summed E-state index contributed by atoms with van der Waals surface area (Å²) in [6.45, 7) is 3.02. The summed E-state index contributed by atoms with van der Waals surface area (Å²) in [5, 5.41) is 0.746. The number of nitrogens with zero attached hydrogens (tertiary/aromatic N) is 2. The lowest BCUT2D eigenvalue weighted by Crippen LogP contribution is -2.66. The number of rotatable bonds is 3. The smallest absolute Gasteiger partial charge is 0.222 e. The fourth-order valence-electron chi connectivity index (χ4n) is 3.55. The monoisotopic (exact) mass is 306 g/mol. The Bertz CT molecular complexity index is 516. The van der Waals surface area contributed by atoms with E-state index in [4.69, 9.17) is 11.6 Å². The predicted octanol–water partition coefficient (Wildman–Crippen LogP) is 2.97. The predicted molar refractivity (Wildman–Crippen MR) is 85.6 cm³/mol. The molecule has 2 fully saturated rings. The van der Waals surface area contributed by atoms with Crippen molar-refractivity contribution in [2.45, 2.75) is 37.6 Å². The van der Waals surface area contributed by atoms with Gasteiger partial charge in [-0.15, -0.1) is 0 Å². The maximum atomic E-state index is 12.5. The molecule has 0 radical (unpaired) electrons. The standard InChI is InChI=1S/C17H23ClN2O/c1-19-12-10-17(19)9-2-11-20(13-17)16(21)8-5-14-3-6-15(18)7-4-14/h3-4,6-7H,2,5,8-13H2,1H3/t17-/m1/s1. The normalized spacial score (nSPS) is 25.9. The molecule has 4 heteroatoms. The summed E-state index contributed by atoms with van der Waals surface area (Å²) in [4.78, 5) is 17.0. The van der Waals surface area contributed by atoms with E-state index < -0.39 is 0 Å². The lowest BCUT2D eigenvalue weighted by molar-refractivity contribution is -0.138. The minimum absolute atomic E-state index is 0.286. The zero-order chi connectivity index (χ0) is 14.9. The largest absolute Gasteiger partial charge is 0.341 e. The second-order valence-electron chi connectivity index (χ2n) is 6.44. The Morgan fingerprint density at radius 1 is 1.24 bits per heavy atom. The molecule has 0 bridgehead atoms. The molecule has 0 aromatic heterocycles. The van der Waals surface area contributed by atoms with Gasteiger partial charge in [-0.2, -0.15) is 0 Å². The summed E-state index contributed by atoms with van der Waals surface area (Å²) < 4.78 is 0. The van der Waals surface area contributed by atoms with Crippen LogP contribution in [-0.4, -0.2) is 47.9 Å². The Labute approximate surface area is 131 Å². The Balaban J connectivity index is 1.54. The van der Waals surface area contributed by atoms with E-state index in [9.17, 15) is 4.79 Å². The van der Waals surface area contributed by atoms with Crippen LogP contribution in [-0.2, 0) is 11.2 Å². The van der Waals surface area contributed by atoms with E-state index in [1.165, 1.54) is 24.9 Å². The topological polar surface area (TPSA) is 23.6 Å². The molecule has 2 aliphatic heterocycles. The maximum Gasteiger partial charge on any atom is 0.222 e. The lowest BCUT2D eigenvalue weighted by Gasteiger charge is -2.55. The summed E-state index contributed by atoms with van der Waals surface area (Å²) >= 11 is 5.88. The van der Waals surface area contributed by atoms with Crippen LogP contribution in [0, 0.1) is 0 Å². The van der Waals surface area contributed by atoms with Crippen molar-refractivity contribution in [2.24, 2.45) is 0 Å². The van der Waals surface area contributed by atoms with Gasteiger partial charge in [-0.25, -0.2) is 0 Å². The van der Waals surface area contributed by atoms with E-state index in [0.29, 0.717) is 12.3 Å². The van der Waals surface area contributed by atoms with E-state index in [-0.39, 0.29) is 5.54 Å². The van der Waals surface area contributed by atoms with Gasteiger partial charge in [0.05, 0.1) is 0 Å². The van der Waals surface area contributed by atoms with E-state index in [2.05, 4.69) is 16.8 Å². The Hall–Kier alpha value is -1.06. The van der Waals surface area contributed by atoms with Gasteiger partial charge in [0.25, 0.3) is 0 Å². The highest BCUT2D eigenvalue weighted by Gasteiger charge is 2.45. The first-order valence-corrected chi connectivity index (χ1v) is 8.20. The molecule has 0 saturated carbocycles. The molecule has 2 aliphatic rings. The van der Waals surface area contributed by atoms with Crippen molar-refractivity contribution >= 4 is 17.5 Å².